The van der Waals surface area contributed by atoms with Crippen LogP contribution in [0.5, 0.6) is 0 Å². The molecule has 8 bridgehead atoms. The quantitative estimate of drug-likeness (QED) is 0.816. The van der Waals surface area contributed by atoms with E-state index in [1.54, 1.807) is 0 Å². The first kappa shape index (κ1) is 15.0. The zero-order valence-corrected chi connectivity index (χ0v) is 15.0. The molecule has 0 aromatic heterocycles. The SMILES string of the molecule is O[C@H]([C@H](O)C12CC3CC(CC(C3)C1)C2)C12CC3CC(CC(C3)C1)C2. The van der Waals surface area contributed by atoms with Gasteiger partial charge in [-0.1, -0.05) is 0 Å². The highest BCUT2D eigenvalue weighted by Crippen LogP contribution is 2.66. The van der Waals surface area contributed by atoms with Crippen LogP contribution in [0, 0.1) is 46.3 Å². The van der Waals surface area contributed by atoms with Crippen molar-refractivity contribution in [2.45, 2.75) is 89.3 Å². The molecule has 0 unspecified atom stereocenters. The molecule has 0 aliphatic heterocycles. The first-order valence-corrected chi connectivity index (χ1v) is 10.9. The molecule has 8 saturated carbocycles. The van der Waals surface area contributed by atoms with Crippen LogP contribution in [-0.4, -0.2) is 22.4 Å². The second-order valence-corrected chi connectivity index (χ2v) is 11.4. The lowest BCUT2D eigenvalue weighted by Crippen LogP contribution is -2.61. The summed E-state index contributed by atoms with van der Waals surface area (Å²) in [6.45, 7) is 0. The van der Waals surface area contributed by atoms with Gasteiger partial charge in [-0.15, -0.1) is 0 Å². The Kier molecular flexibility index (Phi) is 3.00. The van der Waals surface area contributed by atoms with Crippen LogP contribution >= 0.6 is 0 Å². The lowest BCUT2D eigenvalue weighted by molar-refractivity contribution is -0.208. The van der Waals surface area contributed by atoms with E-state index in [0.29, 0.717) is 0 Å². The zero-order valence-electron chi connectivity index (χ0n) is 15.0. The van der Waals surface area contributed by atoms with Crippen LogP contribution < -0.4 is 0 Å². The largest absolute Gasteiger partial charge is 0.390 e. The summed E-state index contributed by atoms with van der Waals surface area (Å²) in [7, 11) is 0. The summed E-state index contributed by atoms with van der Waals surface area (Å²) in [5.74, 6) is 5.14. The standard InChI is InChI=1S/C22H34O2/c23-19(21-7-13-1-14(8-21)3-15(2-13)9-21)20(24)22-10-16-4-17(11-22)6-18(5-16)12-22/h13-20,23-24H,1-12H2/t13?,14?,15?,16?,17?,18?,19-,20+,21?,22?. The van der Waals surface area contributed by atoms with Gasteiger partial charge in [0.1, 0.15) is 0 Å². The van der Waals surface area contributed by atoms with Crippen LogP contribution in [0.3, 0.4) is 0 Å². The van der Waals surface area contributed by atoms with Crippen molar-refractivity contribution in [3.8, 4) is 0 Å². The first-order valence-electron chi connectivity index (χ1n) is 10.9. The van der Waals surface area contributed by atoms with Crippen LogP contribution in [0.2, 0.25) is 0 Å². The average Bonchev–Trinajstić information content (AvgIpc) is 2.51. The minimum absolute atomic E-state index is 0.0809. The molecule has 8 aliphatic carbocycles. The molecule has 2 heteroatoms. The number of hydrogen-bond donors (Lipinski definition) is 2. The van der Waals surface area contributed by atoms with E-state index in [1.165, 1.54) is 77.0 Å². The predicted molar refractivity (Wildman–Crippen MR) is 93.2 cm³/mol. The van der Waals surface area contributed by atoms with Gasteiger partial charge < -0.3 is 10.2 Å². The summed E-state index contributed by atoms with van der Waals surface area (Å²) in [4.78, 5) is 0. The average molecular weight is 331 g/mol. The van der Waals surface area contributed by atoms with E-state index >= 15 is 0 Å². The Balaban J connectivity index is 1.29. The van der Waals surface area contributed by atoms with Gasteiger partial charge in [0.15, 0.2) is 0 Å². The Labute approximate surface area is 146 Å². The summed E-state index contributed by atoms with van der Waals surface area (Å²) in [5, 5.41) is 23.0. The molecule has 134 valence electrons. The number of aliphatic hydroxyl groups is 2. The molecular weight excluding hydrogens is 296 g/mol. The van der Waals surface area contributed by atoms with E-state index in [4.69, 9.17) is 0 Å². The highest BCUT2D eigenvalue weighted by Gasteiger charge is 2.61. The Hall–Kier alpha value is -0.0800. The normalized spacial score (nSPS) is 59.8. The van der Waals surface area contributed by atoms with Gasteiger partial charge in [0.25, 0.3) is 0 Å². The van der Waals surface area contributed by atoms with E-state index in [9.17, 15) is 10.2 Å². The lowest BCUT2D eigenvalue weighted by atomic mass is 9.44. The number of rotatable bonds is 3. The second kappa shape index (κ2) is 4.80. The van der Waals surface area contributed by atoms with E-state index in [1.807, 2.05) is 0 Å². The topological polar surface area (TPSA) is 40.5 Å². The summed E-state index contributed by atoms with van der Waals surface area (Å²) in [6, 6.07) is 0. The Morgan fingerprint density at radius 3 is 0.875 bits per heavy atom. The molecule has 8 rings (SSSR count). The molecule has 2 nitrogen and oxygen atoms in total. The third-order valence-corrected chi connectivity index (χ3v) is 9.73. The van der Waals surface area contributed by atoms with Gasteiger partial charge in [0.2, 0.25) is 0 Å². The van der Waals surface area contributed by atoms with Crippen molar-refractivity contribution in [3.63, 3.8) is 0 Å². The molecule has 2 atom stereocenters. The highest BCUT2D eigenvalue weighted by atomic mass is 16.3. The minimum atomic E-state index is -0.442. The number of aliphatic hydroxyl groups excluding tert-OH is 2. The minimum Gasteiger partial charge on any atom is -0.390 e. The van der Waals surface area contributed by atoms with Gasteiger partial charge in [0, 0.05) is 0 Å². The fourth-order valence-corrected chi connectivity index (χ4v) is 9.75. The third kappa shape index (κ3) is 1.96. The van der Waals surface area contributed by atoms with E-state index < -0.39 is 12.2 Å². The van der Waals surface area contributed by atoms with Crippen molar-refractivity contribution in [2.24, 2.45) is 46.3 Å². The molecule has 8 fully saturated rings. The predicted octanol–water partition coefficient (Wildman–Crippen LogP) is 4.14. The van der Waals surface area contributed by atoms with Crippen LogP contribution in [0.1, 0.15) is 77.0 Å². The highest BCUT2D eigenvalue weighted by molar-refractivity contribution is 5.11. The summed E-state index contributed by atoms with van der Waals surface area (Å²) in [6.07, 6.45) is 14.9. The molecule has 2 N–H and O–H groups in total. The molecule has 24 heavy (non-hydrogen) atoms. The Bertz CT molecular complexity index is 420. The molecule has 0 amide bonds. The Morgan fingerprint density at radius 2 is 0.667 bits per heavy atom. The van der Waals surface area contributed by atoms with E-state index in [2.05, 4.69) is 0 Å². The van der Waals surface area contributed by atoms with Crippen molar-refractivity contribution in [1.29, 1.82) is 0 Å². The van der Waals surface area contributed by atoms with Crippen LogP contribution in [0.15, 0.2) is 0 Å². The Morgan fingerprint density at radius 1 is 0.458 bits per heavy atom. The van der Waals surface area contributed by atoms with Crippen molar-refractivity contribution in [3.05, 3.63) is 0 Å². The van der Waals surface area contributed by atoms with Gasteiger partial charge in [-0.2, -0.15) is 0 Å². The summed E-state index contributed by atoms with van der Waals surface area (Å²) < 4.78 is 0. The van der Waals surface area contributed by atoms with Crippen molar-refractivity contribution in [1.82, 2.24) is 0 Å². The lowest BCUT2D eigenvalue weighted by Gasteiger charge is -2.63. The zero-order chi connectivity index (χ0) is 16.1. The first-order chi connectivity index (χ1) is 11.5. The molecule has 0 aromatic rings. The summed E-state index contributed by atoms with van der Waals surface area (Å²) >= 11 is 0. The second-order valence-electron chi connectivity index (χ2n) is 11.4. The molecule has 0 heterocycles. The monoisotopic (exact) mass is 330 g/mol. The van der Waals surface area contributed by atoms with Gasteiger partial charge in [-0.25, -0.2) is 0 Å². The molecular formula is C22H34O2. The smallest absolute Gasteiger partial charge is 0.0860 e. The van der Waals surface area contributed by atoms with E-state index in [-0.39, 0.29) is 10.8 Å². The van der Waals surface area contributed by atoms with Gasteiger partial charge in [-0.05, 0) is 123 Å². The molecule has 0 saturated heterocycles. The van der Waals surface area contributed by atoms with Crippen LogP contribution in [-0.2, 0) is 0 Å². The maximum absolute atomic E-state index is 11.5. The summed E-state index contributed by atoms with van der Waals surface area (Å²) in [5.41, 5.74) is 0.162. The fourth-order valence-electron chi connectivity index (χ4n) is 9.75. The number of hydrogen-bond acceptors (Lipinski definition) is 2. The molecule has 0 radical (unpaired) electrons. The third-order valence-electron chi connectivity index (χ3n) is 9.73. The fraction of sp³-hybridized carbons (Fsp3) is 1.00. The molecule has 0 aromatic carbocycles. The maximum Gasteiger partial charge on any atom is 0.0860 e. The van der Waals surface area contributed by atoms with E-state index in [0.717, 1.165) is 35.5 Å². The van der Waals surface area contributed by atoms with Gasteiger partial charge in [-0.3, -0.25) is 0 Å². The molecule has 8 aliphatic rings. The van der Waals surface area contributed by atoms with Crippen LogP contribution in [0.25, 0.3) is 0 Å². The van der Waals surface area contributed by atoms with Gasteiger partial charge >= 0.3 is 0 Å². The van der Waals surface area contributed by atoms with Crippen molar-refractivity contribution < 1.29 is 10.2 Å². The molecule has 0 spiro atoms. The van der Waals surface area contributed by atoms with Crippen LogP contribution in [0.4, 0.5) is 0 Å². The maximum atomic E-state index is 11.5. The van der Waals surface area contributed by atoms with Crippen molar-refractivity contribution in [2.75, 3.05) is 0 Å². The van der Waals surface area contributed by atoms with Crippen molar-refractivity contribution >= 4 is 0 Å². The van der Waals surface area contributed by atoms with Gasteiger partial charge in [0.05, 0.1) is 12.2 Å².